The average Bonchev–Trinajstić information content (AvgIpc) is 3.50. The van der Waals surface area contributed by atoms with Crippen molar-refractivity contribution >= 4 is 16.9 Å². The Labute approximate surface area is 168 Å². The van der Waals surface area contributed by atoms with Gasteiger partial charge in [0.05, 0.1) is 18.1 Å². The quantitative estimate of drug-likeness (QED) is 0.636. The topological polar surface area (TPSA) is 76.7 Å². The third kappa shape index (κ3) is 3.41. The molecule has 1 aromatic heterocycles. The summed E-state index contributed by atoms with van der Waals surface area (Å²) < 4.78 is 11.8. The van der Waals surface area contributed by atoms with Crippen LogP contribution in [0, 0.1) is 6.92 Å². The molecule has 1 heterocycles. The standard InChI is InChI=1S/C24H24O5/c1-4-5-15-22(25)19-11-14(24(26)27)7-9-21(19)29-23(15)18-12-16(18)17-10-13(2)6-8-20(17)28-3/h6-11,16,18H,4-5,12H2,1-3H3,(H,26,27). The molecule has 0 saturated heterocycles. The number of carbonyl (C=O) groups is 1. The minimum absolute atomic E-state index is 0.0915. The van der Waals surface area contributed by atoms with Gasteiger partial charge < -0.3 is 14.3 Å². The van der Waals surface area contributed by atoms with Gasteiger partial charge in [-0.1, -0.05) is 31.0 Å². The molecule has 1 fully saturated rings. The zero-order valence-corrected chi connectivity index (χ0v) is 16.8. The lowest BCUT2D eigenvalue weighted by Crippen LogP contribution is -2.13. The van der Waals surface area contributed by atoms with Crippen molar-refractivity contribution in [2.45, 2.75) is 44.9 Å². The average molecular weight is 392 g/mol. The summed E-state index contributed by atoms with van der Waals surface area (Å²) in [6, 6.07) is 10.6. The lowest BCUT2D eigenvalue weighted by Gasteiger charge is -2.12. The molecule has 3 aromatic rings. The van der Waals surface area contributed by atoms with E-state index in [9.17, 15) is 14.7 Å². The van der Waals surface area contributed by atoms with Gasteiger partial charge in [0, 0.05) is 11.5 Å². The summed E-state index contributed by atoms with van der Waals surface area (Å²) in [6.45, 7) is 4.08. The third-order valence-electron chi connectivity index (χ3n) is 5.67. The number of hydrogen-bond acceptors (Lipinski definition) is 4. The van der Waals surface area contributed by atoms with Crippen LogP contribution in [0.25, 0.3) is 11.0 Å². The zero-order valence-electron chi connectivity index (χ0n) is 16.8. The number of aryl methyl sites for hydroxylation is 1. The molecule has 4 rings (SSSR count). The molecular weight excluding hydrogens is 368 g/mol. The Kier molecular flexibility index (Phi) is 4.91. The van der Waals surface area contributed by atoms with Gasteiger partial charge in [0.2, 0.25) is 0 Å². The maximum Gasteiger partial charge on any atom is 0.335 e. The molecule has 5 nitrogen and oxygen atoms in total. The molecule has 0 amide bonds. The monoisotopic (exact) mass is 392 g/mol. The van der Waals surface area contributed by atoms with Crippen molar-refractivity contribution in [1.29, 1.82) is 0 Å². The van der Waals surface area contributed by atoms with Gasteiger partial charge in [-0.3, -0.25) is 4.79 Å². The Morgan fingerprint density at radius 3 is 2.69 bits per heavy atom. The van der Waals surface area contributed by atoms with Crippen molar-refractivity contribution in [2.75, 3.05) is 7.11 Å². The molecule has 150 valence electrons. The van der Waals surface area contributed by atoms with Crippen molar-refractivity contribution in [3.63, 3.8) is 0 Å². The summed E-state index contributed by atoms with van der Waals surface area (Å²) >= 11 is 0. The molecule has 29 heavy (non-hydrogen) atoms. The van der Waals surface area contributed by atoms with Crippen LogP contribution in [0.3, 0.4) is 0 Å². The molecule has 5 heteroatoms. The van der Waals surface area contributed by atoms with Gasteiger partial charge in [0.15, 0.2) is 5.43 Å². The van der Waals surface area contributed by atoms with Crippen molar-refractivity contribution in [1.82, 2.24) is 0 Å². The van der Waals surface area contributed by atoms with Crippen molar-refractivity contribution in [3.05, 3.63) is 74.6 Å². The first-order valence-electron chi connectivity index (χ1n) is 9.92. The smallest absolute Gasteiger partial charge is 0.335 e. The van der Waals surface area contributed by atoms with E-state index < -0.39 is 5.97 Å². The molecule has 1 N–H and O–H groups in total. The Morgan fingerprint density at radius 1 is 1.21 bits per heavy atom. The van der Waals surface area contributed by atoms with Gasteiger partial charge in [-0.25, -0.2) is 4.79 Å². The van der Waals surface area contributed by atoms with Gasteiger partial charge in [0.25, 0.3) is 0 Å². The van der Waals surface area contributed by atoms with Crippen LogP contribution < -0.4 is 10.2 Å². The number of carboxylic acid groups (broad SMARTS) is 1. The van der Waals surface area contributed by atoms with Crippen LogP contribution in [-0.4, -0.2) is 18.2 Å². The summed E-state index contributed by atoms with van der Waals surface area (Å²) in [7, 11) is 1.67. The fourth-order valence-electron chi connectivity index (χ4n) is 4.14. The molecule has 0 radical (unpaired) electrons. The number of hydrogen-bond donors (Lipinski definition) is 1. The number of benzene rings is 2. The zero-order chi connectivity index (χ0) is 20.7. The highest BCUT2D eigenvalue weighted by Crippen LogP contribution is 2.57. The number of aromatic carboxylic acids is 1. The summed E-state index contributed by atoms with van der Waals surface area (Å²) in [5.74, 6) is 0.916. The molecular formula is C24H24O5. The van der Waals surface area contributed by atoms with E-state index in [1.54, 1.807) is 13.2 Å². The Balaban J connectivity index is 1.81. The van der Waals surface area contributed by atoms with Gasteiger partial charge >= 0.3 is 5.97 Å². The highest BCUT2D eigenvalue weighted by molar-refractivity contribution is 5.92. The molecule has 1 saturated carbocycles. The molecule has 2 atom stereocenters. The van der Waals surface area contributed by atoms with Gasteiger partial charge in [-0.05, 0) is 55.5 Å². The van der Waals surface area contributed by atoms with E-state index in [-0.39, 0.29) is 22.8 Å². The maximum atomic E-state index is 13.2. The first kappa shape index (κ1) is 19.2. The number of rotatable bonds is 6. The van der Waals surface area contributed by atoms with E-state index in [1.807, 2.05) is 19.1 Å². The third-order valence-corrected chi connectivity index (χ3v) is 5.67. The van der Waals surface area contributed by atoms with Crippen molar-refractivity contribution in [3.8, 4) is 5.75 Å². The summed E-state index contributed by atoms with van der Waals surface area (Å²) in [4.78, 5) is 24.5. The molecule has 1 aliphatic carbocycles. The molecule has 1 aliphatic rings. The fraction of sp³-hybridized carbons (Fsp3) is 0.333. The second-order valence-electron chi connectivity index (χ2n) is 7.73. The Hall–Kier alpha value is -3.08. The number of carboxylic acids is 1. The Morgan fingerprint density at radius 2 is 2.00 bits per heavy atom. The van der Waals surface area contributed by atoms with Crippen molar-refractivity contribution in [2.24, 2.45) is 0 Å². The number of methoxy groups -OCH3 is 1. The lowest BCUT2D eigenvalue weighted by molar-refractivity contribution is 0.0697. The van der Waals surface area contributed by atoms with Crippen LogP contribution in [0.1, 0.15) is 64.4 Å². The summed E-state index contributed by atoms with van der Waals surface area (Å²) in [6.07, 6.45) is 2.32. The molecule has 0 bridgehead atoms. The fourth-order valence-corrected chi connectivity index (χ4v) is 4.14. The normalized spacial score (nSPS) is 18.0. The largest absolute Gasteiger partial charge is 0.496 e. The van der Waals surface area contributed by atoms with E-state index in [1.165, 1.54) is 17.7 Å². The van der Waals surface area contributed by atoms with Crippen LogP contribution >= 0.6 is 0 Å². The van der Waals surface area contributed by atoms with Gasteiger partial charge in [-0.15, -0.1) is 0 Å². The van der Waals surface area contributed by atoms with E-state index >= 15 is 0 Å². The van der Waals surface area contributed by atoms with E-state index in [4.69, 9.17) is 9.15 Å². The van der Waals surface area contributed by atoms with E-state index in [0.717, 1.165) is 29.9 Å². The minimum atomic E-state index is -1.05. The molecule has 2 aromatic carbocycles. The van der Waals surface area contributed by atoms with Crippen molar-refractivity contribution < 1.29 is 19.1 Å². The summed E-state index contributed by atoms with van der Waals surface area (Å²) in [5, 5.41) is 9.58. The van der Waals surface area contributed by atoms with Crippen LogP contribution in [0.5, 0.6) is 5.75 Å². The number of fused-ring (bicyclic) bond motifs is 1. The van der Waals surface area contributed by atoms with E-state index in [2.05, 4.69) is 13.0 Å². The van der Waals surface area contributed by atoms with Crippen LogP contribution in [0.2, 0.25) is 0 Å². The second kappa shape index (κ2) is 7.39. The van der Waals surface area contributed by atoms with Gasteiger partial charge in [-0.2, -0.15) is 0 Å². The first-order chi connectivity index (χ1) is 13.9. The van der Waals surface area contributed by atoms with Crippen LogP contribution in [-0.2, 0) is 6.42 Å². The van der Waals surface area contributed by atoms with Gasteiger partial charge in [0.1, 0.15) is 17.1 Å². The molecule has 0 spiro atoms. The second-order valence-corrected chi connectivity index (χ2v) is 7.73. The van der Waals surface area contributed by atoms with Crippen LogP contribution in [0.4, 0.5) is 0 Å². The maximum absolute atomic E-state index is 13.2. The highest BCUT2D eigenvalue weighted by Gasteiger charge is 2.44. The molecule has 0 aliphatic heterocycles. The van der Waals surface area contributed by atoms with Crippen LogP contribution in [0.15, 0.2) is 45.6 Å². The lowest BCUT2D eigenvalue weighted by atomic mass is 9.99. The summed E-state index contributed by atoms with van der Waals surface area (Å²) in [5.41, 5.74) is 3.39. The predicted molar refractivity (Wildman–Crippen MR) is 111 cm³/mol. The minimum Gasteiger partial charge on any atom is -0.496 e. The Bertz CT molecular complexity index is 1160. The predicted octanol–water partition coefficient (Wildman–Crippen LogP) is 5.03. The first-order valence-corrected chi connectivity index (χ1v) is 9.92. The molecule has 2 unspecified atom stereocenters. The number of ether oxygens (including phenoxy) is 1. The highest BCUT2D eigenvalue weighted by atomic mass is 16.5. The SMILES string of the molecule is CCCc1c(C2CC2c2cc(C)ccc2OC)oc2ccc(C(=O)O)cc2c1=O. The van der Waals surface area contributed by atoms with E-state index in [0.29, 0.717) is 23.0 Å².